The molecule has 2 N–H and O–H groups in total. The van der Waals surface area contributed by atoms with Gasteiger partial charge in [0, 0.05) is 12.7 Å². The molecule has 0 spiro atoms. The molecule has 5 nitrogen and oxygen atoms in total. The van der Waals surface area contributed by atoms with E-state index in [1.807, 2.05) is 53.3 Å². The molecular formula is C20H22N4OS. The predicted octanol–water partition coefficient (Wildman–Crippen LogP) is 3.47. The van der Waals surface area contributed by atoms with Crippen LogP contribution in [0.1, 0.15) is 11.1 Å². The molecule has 0 atom stereocenters. The van der Waals surface area contributed by atoms with Crippen LogP contribution >= 0.6 is 12.2 Å². The molecule has 26 heavy (non-hydrogen) atoms. The third-order valence-corrected chi connectivity index (χ3v) is 4.16. The highest BCUT2D eigenvalue weighted by atomic mass is 32.1. The summed E-state index contributed by atoms with van der Waals surface area (Å²) < 4.78 is 7.12. The highest BCUT2D eigenvalue weighted by molar-refractivity contribution is 7.80. The number of nitrogens with zero attached hydrogens (tertiary/aromatic N) is 2. The number of aromatic nitrogens is 2. The largest absolute Gasteiger partial charge is 0.497 e. The molecule has 1 heterocycles. The van der Waals surface area contributed by atoms with Gasteiger partial charge in [0.1, 0.15) is 5.75 Å². The second kappa shape index (κ2) is 9.01. The smallest absolute Gasteiger partial charge is 0.170 e. The van der Waals surface area contributed by atoms with Crippen molar-refractivity contribution in [2.24, 2.45) is 0 Å². The van der Waals surface area contributed by atoms with Crippen molar-refractivity contribution < 1.29 is 4.74 Å². The number of methoxy groups -OCH3 is 1. The Kier molecular flexibility index (Phi) is 6.22. The fraction of sp³-hybridized carbons (Fsp3) is 0.200. The number of hydrogen-bond donors (Lipinski definition) is 2. The van der Waals surface area contributed by atoms with E-state index in [2.05, 4.69) is 27.9 Å². The number of anilines is 1. The molecule has 3 rings (SSSR count). The van der Waals surface area contributed by atoms with Crippen LogP contribution in [0.5, 0.6) is 5.75 Å². The minimum atomic E-state index is 0.599. The van der Waals surface area contributed by atoms with Gasteiger partial charge >= 0.3 is 0 Å². The van der Waals surface area contributed by atoms with Crippen LogP contribution in [0.2, 0.25) is 0 Å². The Balaban J connectivity index is 1.47. The monoisotopic (exact) mass is 366 g/mol. The zero-order chi connectivity index (χ0) is 18.2. The Bertz CT molecular complexity index is 848. The van der Waals surface area contributed by atoms with Crippen molar-refractivity contribution in [1.29, 1.82) is 0 Å². The third kappa shape index (κ3) is 5.32. The van der Waals surface area contributed by atoms with Gasteiger partial charge in [-0.3, -0.25) is 4.68 Å². The van der Waals surface area contributed by atoms with E-state index >= 15 is 0 Å². The van der Waals surface area contributed by atoms with Crippen molar-refractivity contribution in [1.82, 2.24) is 15.1 Å². The van der Waals surface area contributed by atoms with Crippen LogP contribution in [0.3, 0.4) is 0 Å². The lowest BCUT2D eigenvalue weighted by Gasteiger charge is -2.09. The maximum atomic E-state index is 5.35. The Hall–Kier alpha value is -2.86. The SMILES string of the molecule is COc1cccc(Cn2cc(NC(=S)NCCc3ccccc3)cn2)c1. The molecule has 0 aliphatic heterocycles. The first-order valence-corrected chi connectivity index (χ1v) is 8.88. The van der Waals surface area contributed by atoms with E-state index in [-0.39, 0.29) is 0 Å². The first-order chi connectivity index (χ1) is 12.7. The van der Waals surface area contributed by atoms with Gasteiger partial charge in [0.25, 0.3) is 0 Å². The van der Waals surface area contributed by atoms with E-state index in [0.717, 1.165) is 30.0 Å². The standard InChI is InChI=1S/C20H22N4OS/c1-25-19-9-5-8-17(12-19)14-24-15-18(13-22-24)23-20(26)21-11-10-16-6-3-2-4-7-16/h2-9,12-13,15H,10-11,14H2,1H3,(H2,21,23,26). The summed E-state index contributed by atoms with van der Waals surface area (Å²) in [4.78, 5) is 0. The molecule has 134 valence electrons. The van der Waals surface area contributed by atoms with Crippen molar-refractivity contribution in [3.05, 3.63) is 78.1 Å². The average Bonchev–Trinajstić information content (AvgIpc) is 3.09. The number of rotatable bonds is 7. The predicted molar refractivity (Wildman–Crippen MR) is 109 cm³/mol. The molecule has 2 aromatic carbocycles. The number of hydrogen-bond acceptors (Lipinski definition) is 3. The van der Waals surface area contributed by atoms with Gasteiger partial charge in [0.2, 0.25) is 0 Å². The lowest BCUT2D eigenvalue weighted by atomic mass is 10.1. The van der Waals surface area contributed by atoms with Crippen molar-refractivity contribution in [2.75, 3.05) is 19.0 Å². The molecule has 0 amide bonds. The van der Waals surface area contributed by atoms with Crippen LogP contribution in [0.15, 0.2) is 67.0 Å². The zero-order valence-electron chi connectivity index (χ0n) is 14.7. The van der Waals surface area contributed by atoms with Gasteiger partial charge in [-0.2, -0.15) is 5.10 Å². The number of thiocarbonyl (C=S) groups is 1. The molecule has 0 aliphatic rings. The lowest BCUT2D eigenvalue weighted by molar-refractivity contribution is 0.414. The molecular weight excluding hydrogens is 344 g/mol. The Morgan fingerprint density at radius 1 is 1.12 bits per heavy atom. The molecule has 0 saturated carbocycles. The molecule has 0 aliphatic carbocycles. The van der Waals surface area contributed by atoms with Crippen LogP contribution in [0, 0.1) is 0 Å². The van der Waals surface area contributed by atoms with Crippen LogP contribution in [0.25, 0.3) is 0 Å². The summed E-state index contributed by atoms with van der Waals surface area (Å²) in [5.41, 5.74) is 3.28. The quantitative estimate of drug-likeness (QED) is 0.627. The molecule has 0 bridgehead atoms. The minimum absolute atomic E-state index is 0.599. The Morgan fingerprint density at radius 2 is 1.92 bits per heavy atom. The van der Waals surface area contributed by atoms with Gasteiger partial charge in [0.05, 0.1) is 25.5 Å². The summed E-state index contributed by atoms with van der Waals surface area (Å²) in [5, 5.41) is 11.4. The summed E-state index contributed by atoms with van der Waals surface area (Å²) in [6.45, 7) is 1.46. The maximum Gasteiger partial charge on any atom is 0.170 e. The number of nitrogens with one attached hydrogen (secondary N) is 2. The molecule has 0 unspecified atom stereocenters. The summed E-state index contributed by atoms with van der Waals surface area (Å²) in [6.07, 6.45) is 4.63. The van der Waals surface area contributed by atoms with E-state index in [1.54, 1.807) is 13.3 Å². The van der Waals surface area contributed by atoms with Crippen molar-refractivity contribution in [3.8, 4) is 5.75 Å². The number of ether oxygens (including phenoxy) is 1. The molecule has 1 aromatic heterocycles. The molecule has 3 aromatic rings. The minimum Gasteiger partial charge on any atom is -0.497 e. The van der Waals surface area contributed by atoms with Crippen LogP contribution in [-0.4, -0.2) is 28.5 Å². The Labute approximate surface area is 159 Å². The summed E-state index contributed by atoms with van der Waals surface area (Å²) in [5.74, 6) is 0.844. The van der Waals surface area contributed by atoms with Gasteiger partial charge in [0.15, 0.2) is 5.11 Å². The Morgan fingerprint density at radius 3 is 2.73 bits per heavy atom. The summed E-state index contributed by atoms with van der Waals surface area (Å²) in [7, 11) is 1.67. The molecule has 6 heteroatoms. The van der Waals surface area contributed by atoms with Gasteiger partial charge in [-0.05, 0) is 41.9 Å². The summed E-state index contributed by atoms with van der Waals surface area (Å²) >= 11 is 5.35. The molecule has 0 radical (unpaired) electrons. The first-order valence-electron chi connectivity index (χ1n) is 8.47. The molecule has 0 fully saturated rings. The fourth-order valence-corrected chi connectivity index (χ4v) is 2.83. The molecule has 0 saturated heterocycles. The van der Waals surface area contributed by atoms with E-state index in [0.29, 0.717) is 11.7 Å². The lowest BCUT2D eigenvalue weighted by Crippen LogP contribution is -2.30. The second-order valence-corrected chi connectivity index (χ2v) is 6.30. The van der Waals surface area contributed by atoms with E-state index in [9.17, 15) is 0 Å². The first kappa shape index (κ1) is 17.9. The van der Waals surface area contributed by atoms with Crippen molar-refractivity contribution >= 4 is 23.0 Å². The van der Waals surface area contributed by atoms with Gasteiger partial charge in [-0.15, -0.1) is 0 Å². The summed E-state index contributed by atoms with van der Waals surface area (Å²) in [6, 6.07) is 18.3. The second-order valence-electron chi connectivity index (χ2n) is 5.89. The van der Waals surface area contributed by atoms with Gasteiger partial charge < -0.3 is 15.4 Å². The van der Waals surface area contributed by atoms with E-state index < -0.39 is 0 Å². The van der Waals surface area contributed by atoms with E-state index in [1.165, 1.54) is 5.56 Å². The fourth-order valence-electron chi connectivity index (χ4n) is 2.61. The normalized spacial score (nSPS) is 10.3. The average molecular weight is 366 g/mol. The maximum absolute atomic E-state index is 5.35. The van der Waals surface area contributed by atoms with Crippen LogP contribution in [-0.2, 0) is 13.0 Å². The third-order valence-electron chi connectivity index (χ3n) is 3.91. The van der Waals surface area contributed by atoms with Crippen LogP contribution < -0.4 is 15.4 Å². The highest BCUT2D eigenvalue weighted by Crippen LogP contribution is 2.14. The van der Waals surface area contributed by atoms with Crippen molar-refractivity contribution in [3.63, 3.8) is 0 Å². The highest BCUT2D eigenvalue weighted by Gasteiger charge is 2.03. The zero-order valence-corrected chi connectivity index (χ0v) is 15.5. The topological polar surface area (TPSA) is 51.1 Å². The van der Waals surface area contributed by atoms with Gasteiger partial charge in [-0.25, -0.2) is 0 Å². The van der Waals surface area contributed by atoms with Gasteiger partial charge in [-0.1, -0.05) is 42.5 Å². The number of benzene rings is 2. The van der Waals surface area contributed by atoms with E-state index in [4.69, 9.17) is 17.0 Å². The van der Waals surface area contributed by atoms with Crippen LogP contribution in [0.4, 0.5) is 5.69 Å². The van der Waals surface area contributed by atoms with Crippen molar-refractivity contribution in [2.45, 2.75) is 13.0 Å².